The molecule has 4 unspecified atom stereocenters. The molecule has 1 aliphatic heterocycles. The highest BCUT2D eigenvalue weighted by Gasteiger charge is 2.48. The van der Waals surface area contributed by atoms with Crippen LogP contribution in [0.1, 0.15) is 72.3 Å². The Labute approximate surface area is 219 Å². The molecule has 0 aromatic heterocycles. The maximum Gasteiger partial charge on any atom is 0.329 e. The number of carbonyl (C=O) groups excluding carboxylic acids is 3. The second kappa shape index (κ2) is 11.3. The Morgan fingerprint density at radius 3 is 2.46 bits per heavy atom. The maximum absolute atomic E-state index is 13.0. The van der Waals surface area contributed by atoms with Crippen molar-refractivity contribution in [2.24, 2.45) is 16.7 Å². The molecule has 1 aromatic carbocycles. The molecule has 3 rings (SSSR count). The van der Waals surface area contributed by atoms with Gasteiger partial charge in [0.2, 0.25) is 11.8 Å². The first-order valence-electron chi connectivity index (χ1n) is 13.2. The van der Waals surface area contributed by atoms with Gasteiger partial charge in [-0.3, -0.25) is 9.59 Å². The Balaban J connectivity index is 1.48. The lowest BCUT2D eigenvalue weighted by Crippen LogP contribution is -2.48. The average Bonchev–Trinajstić information content (AvgIpc) is 3.38. The van der Waals surface area contributed by atoms with Crippen LogP contribution in [0.15, 0.2) is 18.2 Å². The lowest BCUT2D eigenvalue weighted by atomic mass is 9.66. The van der Waals surface area contributed by atoms with Gasteiger partial charge in [-0.1, -0.05) is 33.8 Å². The largest absolute Gasteiger partial charge is 0.504 e. The molecule has 1 heterocycles. The molecule has 2 aliphatic rings. The molecule has 4 atom stereocenters. The first-order chi connectivity index (χ1) is 17.2. The predicted octanol–water partition coefficient (Wildman–Crippen LogP) is 2.89. The van der Waals surface area contributed by atoms with Crippen molar-refractivity contribution in [3.63, 3.8) is 0 Å². The minimum absolute atomic E-state index is 0.0978. The molecule has 1 saturated carbocycles. The number of aromatic hydroxyl groups is 2. The average molecular weight is 519 g/mol. The number of carbonyl (C=O) groups is 3. The van der Waals surface area contributed by atoms with Crippen molar-refractivity contribution in [2.45, 2.75) is 91.4 Å². The summed E-state index contributed by atoms with van der Waals surface area (Å²) in [5.74, 6) is -1.75. The van der Waals surface area contributed by atoms with Crippen molar-refractivity contribution >= 4 is 17.8 Å². The number of phenolic OH excluding ortho intramolecular Hbond substituents is 2. The Bertz CT molecular complexity index is 1010. The molecule has 1 aliphatic carbocycles. The Morgan fingerprint density at radius 1 is 1.14 bits per heavy atom. The number of ether oxygens (including phenoxy) is 1. The van der Waals surface area contributed by atoms with Crippen LogP contribution in [-0.4, -0.2) is 69.3 Å². The van der Waals surface area contributed by atoms with Crippen LogP contribution in [0.25, 0.3) is 0 Å². The van der Waals surface area contributed by atoms with Crippen molar-refractivity contribution in [3.05, 3.63) is 23.8 Å². The summed E-state index contributed by atoms with van der Waals surface area (Å²) in [4.78, 5) is 39.5. The highest BCUT2D eigenvalue weighted by molar-refractivity contribution is 5.90. The predicted molar refractivity (Wildman–Crippen MR) is 138 cm³/mol. The number of esters is 1. The number of rotatable bonds is 9. The number of hydrogen-bond acceptors (Lipinski definition) is 7. The van der Waals surface area contributed by atoms with E-state index in [9.17, 15) is 29.7 Å². The minimum Gasteiger partial charge on any atom is -0.504 e. The van der Waals surface area contributed by atoms with E-state index in [1.807, 2.05) is 6.92 Å². The number of benzene rings is 1. The molecule has 2 fully saturated rings. The van der Waals surface area contributed by atoms with Gasteiger partial charge >= 0.3 is 5.97 Å². The zero-order valence-electron chi connectivity index (χ0n) is 22.6. The lowest BCUT2D eigenvalue weighted by Gasteiger charge is -2.40. The van der Waals surface area contributed by atoms with Gasteiger partial charge in [-0.05, 0) is 73.5 Å². The fraction of sp³-hybridized carbons (Fsp3) is 0.679. The lowest BCUT2D eigenvalue weighted by molar-refractivity contribution is -0.158. The Kier molecular flexibility index (Phi) is 8.78. The summed E-state index contributed by atoms with van der Waals surface area (Å²) < 4.78 is 5.79. The molecule has 0 spiro atoms. The molecule has 9 nitrogen and oxygen atoms in total. The van der Waals surface area contributed by atoms with Gasteiger partial charge in [0.25, 0.3) is 0 Å². The summed E-state index contributed by atoms with van der Waals surface area (Å²) in [6, 6.07) is 3.33. The smallest absolute Gasteiger partial charge is 0.329 e. The molecule has 0 radical (unpaired) electrons. The van der Waals surface area contributed by atoms with E-state index in [4.69, 9.17) is 4.74 Å². The number of amides is 2. The molecular weight excluding hydrogens is 476 g/mol. The normalized spacial score (nSPS) is 23.9. The molecule has 9 heteroatoms. The van der Waals surface area contributed by atoms with Crippen LogP contribution in [0.4, 0.5) is 0 Å². The minimum atomic E-state index is -1.44. The van der Waals surface area contributed by atoms with Crippen molar-refractivity contribution < 1.29 is 34.4 Å². The summed E-state index contributed by atoms with van der Waals surface area (Å²) in [6.45, 7) is 11.1. The quantitative estimate of drug-likeness (QED) is 0.291. The highest BCUT2D eigenvalue weighted by atomic mass is 16.5. The van der Waals surface area contributed by atoms with E-state index in [-0.39, 0.29) is 41.4 Å². The van der Waals surface area contributed by atoms with E-state index in [0.717, 1.165) is 19.3 Å². The van der Waals surface area contributed by atoms with Gasteiger partial charge in [-0.15, -0.1) is 0 Å². The van der Waals surface area contributed by atoms with E-state index < -0.39 is 29.9 Å². The fourth-order valence-electron chi connectivity index (χ4n) is 5.61. The SMILES string of the molecule is CC(CC1CCC(C)(C)C1(C)C)OC(=O)C1CCCN1C(=O)CNC(=O)C(O)Cc1ccc(O)c(O)c1. The molecule has 1 aromatic rings. The van der Waals surface area contributed by atoms with Crippen LogP contribution in [0.5, 0.6) is 11.5 Å². The molecule has 37 heavy (non-hydrogen) atoms. The van der Waals surface area contributed by atoms with E-state index in [1.165, 1.54) is 23.1 Å². The van der Waals surface area contributed by atoms with Crippen LogP contribution >= 0.6 is 0 Å². The van der Waals surface area contributed by atoms with Gasteiger partial charge in [0, 0.05) is 13.0 Å². The molecule has 2 amide bonds. The molecule has 4 N–H and O–H groups in total. The number of aliphatic hydroxyl groups is 1. The molecule has 0 bridgehead atoms. The second-order valence-electron chi connectivity index (χ2n) is 11.8. The van der Waals surface area contributed by atoms with Gasteiger partial charge in [0.05, 0.1) is 12.6 Å². The number of aliphatic hydroxyl groups excluding tert-OH is 1. The van der Waals surface area contributed by atoms with Gasteiger partial charge < -0.3 is 30.3 Å². The van der Waals surface area contributed by atoms with E-state index in [0.29, 0.717) is 30.9 Å². The van der Waals surface area contributed by atoms with Crippen molar-refractivity contribution in [2.75, 3.05) is 13.1 Å². The van der Waals surface area contributed by atoms with Crippen LogP contribution in [0.2, 0.25) is 0 Å². The zero-order valence-corrected chi connectivity index (χ0v) is 22.6. The van der Waals surface area contributed by atoms with Gasteiger partial charge in [0.15, 0.2) is 11.5 Å². The molecule has 206 valence electrons. The zero-order chi connectivity index (χ0) is 27.5. The van der Waals surface area contributed by atoms with Crippen molar-refractivity contribution in [3.8, 4) is 11.5 Å². The van der Waals surface area contributed by atoms with Crippen molar-refractivity contribution in [1.29, 1.82) is 0 Å². The Hall–Kier alpha value is -2.81. The second-order valence-corrected chi connectivity index (χ2v) is 11.8. The van der Waals surface area contributed by atoms with E-state index in [1.54, 1.807) is 0 Å². The fourth-order valence-corrected chi connectivity index (χ4v) is 5.61. The van der Waals surface area contributed by atoms with Crippen LogP contribution in [0, 0.1) is 16.7 Å². The number of nitrogens with zero attached hydrogens (tertiary/aromatic N) is 1. The summed E-state index contributed by atoms with van der Waals surface area (Å²) >= 11 is 0. The summed E-state index contributed by atoms with van der Waals surface area (Å²) in [5, 5.41) is 31.6. The standard InChI is InChI=1S/C28H42N2O7/c1-17(13-19-10-11-27(2,3)28(19,4)5)37-26(36)20-7-6-12-30(20)24(34)16-29-25(35)23(33)15-18-8-9-21(31)22(32)14-18/h8-9,14,17,19-20,23,31-33H,6-7,10-13,15-16H2,1-5H3,(H,29,35). The third-order valence-electron chi connectivity index (χ3n) is 8.85. The topological polar surface area (TPSA) is 136 Å². The maximum atomic E-state index is 13.0. The highest BCUT2D eigenvalue weighted by Crippen LogP contribution is 2.57. The third-order valence-corrected chi connectivity index (χ3v) is 8.85. The summed E-state index contributed by atoms with van der Waals surface area (Å²) in [6.07, 6.45) is 2.43. The van der Waals surface area contributed by atoms with Crippen molar-refractivity contribution in [1.82, 2.24) is 10.2 Å². The summed E-state index contributed by atoms with van der Waals surface area (Å²) in [5.41, 5.74) is 0.833. The van der Waals surface area contributed by atoms with Gasteiger partial charge in [0.1, 0.15) is 12.1 Å². The van der Waals surface area contributed by atoms with E-state index >= 15 is 0 Å². The number of phenols is 2. The number of likely N-dealkylation sites (tertiary alicyclic amines) is 1. The van der Waals surface area contributed by atoms with E-state index in [2.05, 4.69) is 33.0 Å². The molecular formula is C28H42N2O7. The van der Waals surface area contributed by atoms with Gasteiger partial charge in [-0.2, -0.15) is 0 Å². The van der Waals surface area contributed by atoms with Gasteiger partial charge in [-0.25, -0.2) is 4.79 Å². The van der Waals surface area contributed by atoms with Crippen LogP contribution in [0.3, 0.4) is 0 Å². The number of hydrogen-bond donors (Lipinski definition) is 4. The van der Waals surface area contributed by atoms with Crippen LogP contribution < -0.4 is 5.32 Å². The molecule has 1 saturated heterocycles. The summed E-state index contributed by atoms with van der Waals surface area (Å²) in [7, 11) is 0. The monoisotopic (exact) mass is 518 g/mol. The third kappa shape index (κ3) is 6.55. The first-order valence-corrected chi connectivity index (χ1v) is 13.2. The number of nitrogens with one attached hydrogen (secondary N) is 1. The Morgan fingerprint density at radius 2 is 1.84 bits per heavy atom. The van der Waals surface area contributed by atoms with Crippen LogP contribution in [-0.2, 0) is 25.5 Å². The first kappa shape index (κ1) is 28.8.